The molecule has 1 saturated carbocycles. The first-order valence-corrected chi connectivity index (χ1v) is 16.0. The first-order chi connectivity index (χ1) is 21.5. The average Bonchev–Trinajstić information content (AvgIpc) is 3.76. The highest BCUT2D eigenvalue weighted by Gasteiger charge is 2.28. The number of thiophene rings is 1. The minimum absolute atomic E-state index is 0.0169. The number of nitrogens with zero attached hydrogens (tertiary/aromatic N) is 4. The summed E-state index contributed by atoms with van der Waals surface area (Å²) in [7, 11) is 0. The molecule has 0 bridgehead atoms. The normalized spacial score (nSPS) is 17.9. The van der Waals surface area contributed by atoms with Crippen LogP contribution in [0.5, 0.6) is 11.5 Å². The van der Waals surface area contributed by atoms with Gasteiger partial charge in [-0.2, -0.15) is 0 Å². The van der Waals surface area contributed by atoms with Gasteiger partial charge in [0.15, 0.2) is 11.6 Å². The maximum Gasteiger partial charge on any atom is 0.319 e. The Kier molecular flexibility index (Phi) is 8.11. The molecule has 3 aliphatic rings. The highest BCUT2D eigenvalue weighted by molar-refractivity contribution is 7.22. The number of likely N-dealkylation sites (tertiary alicyclic amines) is 1. The number of nitrogens with one attached hydrogen (secondary N) is 3. The molecule has 44 heavy (non-hydrogen) atoms. The largest absolute Gasteiger partial charge is 0.453 e. The Labute approximate surface area is 258 Å². The van der Waals surface area contributed by atoms with Crippen LogP contribution < -0.4 is 20.7 Å². The molecule has 3 fully saturated rings. The number of amides is 3. The Morgan fingerprint density at radius 3 is 2.50 bits per heavy atom. The molecule has 1 aromatic carbocycles. The van der Waals surface area contributed by atoms with E-state index in [1.807, 2.05) is 23.1 Å². The van der Waals surface area contributed by atoms with Crippen LogP contribution in [0.3, 0.4) is 0 Å². The third kappa shape index (κ3) is 6.37. The molecule has 7 rings (SSSR count). The van der Waals surface area contributed by atoms with Crippen molar-refractivity contribution in [1.29, 1.82) is 0 Å². The highest BCUT2D eigenvalue weighted by Crippen LogP contribution is 2.39. The molecule has 0 radical (unpaired) electrons. The monoisotopic (exact) mass is 615 g/mol. The van der Waals surface area contributed by atoms with E-state index in [1.165, 1.54) is 23.5 Å². The van der Waals surface area contributed by atoms with Gasteiger partial charge in [-0.05, 0) is 56.0 Å². The fourth-order valence-corrected chi connectivity index (χ4v) is 6.85. The van der Waals surface area contributed by atoms with E-state index in [0.29, 0.717) is 28.6 Å². The average molecular weight is 616 g/mol. The van der Waals surface area contributed by atoms with Crippen LogP contribution in [0.15, 0.2) is 54.9 Å². The Morgan fingerprint density at radius 1 is 0.955 bits per heavy atom. The van der Waals surface area contributed by atoms with Gasteiger partial charge in [-0.1, -0.05) is 0 Å². The minimum atomic E-state index is -0.592. The van der Waals surface area contributed by atoms with Crippen molar-refractivity contribution in [2.45, 2.75) is 37.8 Å². The molecule has 3 aromatic heterocycles. The molecular weight excluding hydrogens is 581 g/mol. The fourth-order valence-electron chi connectivity index (χ4n) is 5.81. The van der Waals surface area contributed by atoms with Gasteiger partial charge >= 0.3 is 6.03 Å². The summed E-state index contributed by atoms with van der Waals surface area (Å²) in [5.41, 5.74) is 2.35. The summed E-state index contributed by atoms with van der Waals surface area (Å²) in [5.74, 6) is -0.0684. The summed E-state index contributed by atoms with van der Waals surface area (Å²) >= 11 is 1.44. The Hall–Kier alpha value is -4.13. The second-order valence-electron chi connectivity index (χ2n) is 11.5. The van der Waals surface area contributed by atoms with Crippen LogP contribution in [0, 0.1) is 5.82 Å². The number of benzene rings is 1. The van der Waals surface area contributed by atoms with Crippen LogP contribution in [0.25, 0.3) is 20.8 Å². The third-order valence-electron chi connectivity index (χ3n) is 8.38. The van der Waals surface area contributed by atoms with Gasteiger partial charge in [0, 0.05) is 81.6 Å². The van der Waals surface area contributed by atoms with Gasteiger partial charge in [-0.15, -0.1) is 11.3 Å². The number of piperazine rings is 1. The molecule has 2 saturated heterocycles. The molecule has 1 aliphatic carbocycles. The van der Waals surface area contributed by atoms with Gasteiger partial charge < -0.3 is 25.6 Å². The minimum Gasteiger partial charge on any atom is -0.453 e. The smallest absolute Gasteiger partial charge is 0.319 e. The lowest BCUT2D eigenvalue weighted by molar-refractivity contribution is 0.0601. The molecular formula is C32H34FN7O3S. The number of anilines is 1. The van der Waals surface area contributed by atoms with Gasteiger partial charge in [-0.3, -0.25) is 19.7 Å². The number of hydrogen-bond donors (Lipinski definition) is 3. The number of carbonyl (C=O) groups excluding carboxylic acids is 2. The topological polar surface area (TPSA) is 112 Å². The summed E-state index contributed by atoms with van der Waals surface area (Å²) in [6.07, 6.45) is 7.20. The lowest BCUT2D eigenvalue weighted by Gasteiger charge is -2.40. The van der Waals surface area contributed by atoms with Crippen LogP contribution in [-0.2, 0) is 0 Å². The zero-order chi connectivity index (χ0) is 30.0. The maximum absolute atomic E-state index is 14.9. The summed E-state index contributed by atoms with van der Waals surface area (Å²) in [6.45, 7) is 5.75. The van der Waals surface area contributed by atoms with Crippen LogP contribution in [0.2, 0.25) is 0 Å². The van der Waals surface area contributed by atoms with Crippen LogP contribution in [0.4, 0.5) is 14.9 Å². The van der Waals surface area contributed by atoms with Crippen molar-refractivity contribution in [3.63, 3.8) is 0 Å². The molecule has 228 valence electrons. The maximum atomic E-state index is 14.9. The number of hydrogen-bond acceptors (Lipinski definition) is 8. The molecule has 2 aliphatic heterocycles. The molecule has 10 nitrogen and oxygen atoms in total. The summed E-state index contributed by atoms with van der Waals surface area (Å²) in [5, 5.41) is 8.87. The summed E-state index contributed by atoms with van der Waals surface area (Å²) in [4.78, 5) is 39.6. The van der Waals surface area contributed by atoms with Crippen LogP contribution in [0.1, 0.15) is 36.0 Å². The Bertz CT molecular complexity index is 1660. The van der Waals surface area contributed by atoms with Crippen molar-refractivity contribution in [3.8, 4) is 22.1 Å². The predicted molar refractivity (Wildman–Crippen MR) is 168 cm³/mol. The number of ether oxygens (including phenoxy) is 1. The van der Waals surface area contributed by atoms with E-state index < -0.39 is 5.82 Å². The van der Waals surface area contributed by atoms with Gasteiger partial charge in [0.1, 0.15) is 5.75 Å². The van der Waals surface area contributed by atoms with E-state index in [2.05, 4.69) is 30.8 Å². The van der Waals surface area contributed by atoms with Crippen molar-refractivity contribution in [1.82, 2.24) is 30.4 Å². The second-order valence-corrected chi connectivity index (χ2v) is 12.5. The zero-order valence-electron chi connectivity index (χ0n) is 24.2. The molecule has 3 amide bonds. The quantitative estimate of drug-likeness (QED) is 0.266. The number of aromatic nitrogens is 2. The first-order valence-electron chi connectivity index (χ1n) is 15.1. The Balaban J connectivity index is 1.01. The van der Waals surface area contributed by atoms with Gasteiger partial charge in [0.25, 0.3) is 5.91 Å². The number of fused-ring (bicyclic) bond motifs is 1. The number of urea groups is 1. The lowest BCUT2D eigenvalue weighted by Crippen LogP contribution is -2.52. The van der Waals surface area contributed by atoms with Crippen LogP contribution in [-0.4, -0.2) is 83.1 Å². The number of halogens is 1. The molecule has 5 heterocycles. The summed E-state index contributed by atoms with van der Waals surface area (Å²) in [6, 6.07) is 12.0. The van der Waals surface area contributed by atoms with E-state index >= 15 is 0 Å². The van der Waals surface area contributed by atoms with Crippen LogP contribution >= 0.6 is 11.3 Å². The van der Waals surface area contributed by atoms with E-state index in [1.54, 1.807) is 24.5 Å². The number of carbonyl (C=O) groups is 2. The molecule has 0 unspecified atom stereocenters. The fraction of sp³-hybridized carbons (Fsp3) is 0.375. The van der Waals surface area contributed by atoms with Crippen molar-refractivity contribution < 1.29 is 18.7 Å². The third-order valence-corrected chi connectivity index (χ3v) is 9.54. The summed E-state index contributed by atoms with van der Waals surface area (Å²) < 4.78 is 21.6. The number of rotatable bonds is 7. The number of pyridine rings is 2. The van der Waals surface area contributed by atoms with E-state index in [-0.39, 0.29) is 23.7 Å². The van der Waals surface area contributed by atoms with E-state index in [0.717, 1.165) is 80.2 Å². The van der Waals surface area contributed by atoms with Gasteiger partial charge in [0.05, 0.1) is 26.4 Å². The highest BCUT2D eigenvalue weighted by atomic mass is 32.1. The van der Waals surface area contributed by atoms with Crippen molar-refractivity contribution in [2.24, 2.45) is 0 Å². The lowest BCUT2D eigenvalue weighted by atomic mass is 10.0. The van der Waals surface area contributed by atoms with E-state index in [9.17, 15) is 14.0 Å². The Morgan fingerprint density at radius 2 is 1.77 bits per heavy atom. The van der Waals surface area contributed by atoms with Crippen molar-refractivity contribution in [3.05, 3.63) is 66.2 Å². The van der Waals surface area contributed by atoms with Gasteiger partial charge in [0.2, 0.25) is 0 Å². The molecule has 4 aromatic rings. The number of piperidine rings is 1. The van der Waals surface area contributed by atoms with E-state index in [4.69, 9.17) is 4.74 Å². The second kappa shape index (κ2) is 12.5. The zero-order valence-corrected chi connectivity index (χ0v) is 25.0. The molecule has 0 atom stereocenters. The molecule has 0 spiro atoms. The van der Waals surface area contributed by atoms with Gasteiger partial charge in [-0.25, -0.2) is 9.18 Å². The molecule has 3 N–H and O–H groups in total. The first kappa shape index (κ1) is 28.6. The SMILES string of the molecule is O=C(Nc1ccc(Oc2ccnc3cc(-c4ccc(C(=O)N5CCC(N6CCNCC6)CC5)cn4)sc23)c(F)c1)NC1CC1. The van der Waals surface area contributed by atoms with Crippen molar-refractivity contribution >= 4 is 39.2 Å². The molecule has 12 heteroatoms. The van der Waals surface area contributed by atoms with Crippen molar-refractivity contribution in [2.75, 3.05) is 44.6 Å². The predicted octanol–water partition coefficient (Wildman–Crippen LogP) is 5.08. The standard InChI is InChI=1S/C32H34FN7O3S/c33-24-17-22(38-32(42)37-21-2-3-21)4-6-27(24)43-28-7-10-35-26-18-29(44-30(26)28)25-5-1-20(19-36-25)31(41)40-13-8-23(9-14-40)39-15-11-34-12-16-39/h1,4-7,10,17-19,21,23,34H,2-3,8-9,11-16H2,(H2,37,38,42).